The summed E-state index contributed by atoms with van der Waals surface area (Å²) >= 11 is 0. The fraction of sp³-hybridized carbons (Fsp3) is 0.467. The normalized spacial score (nSPS) is 10.9. The molecule has 0 radical (unpaired) electrons. The second-order valence-electron chi connectivity index (χ2n) is 5.70. The smallest absolute Gasteiger partial charge is 0.315 e. The van der Waals surface area contributed by atoms with E-state index in [0.717, 1.165) is 5.56 Å². The number of carbonyl (C=O) groups is 2. The van der Waals surface area contributed by atoms with Gasteiger partial charge in [-0.2, -0.15) is 0 Å². The minimum Gasteiger partial charge on any atom is -0.481 e. The zero-order chi connectivity index (χ0) is 15.2. The second kappa shape index (κ2) is 6.93. The summed E-state index contributed by atoms with van der Waals surface area (Å²) in [7, 11) is 0. The van der Waals surface area contributed by atoms with Gasteiger partial charge in [-0.25, -0.2) is 4.79 Å². The quantitative estimate of drug-likeness (QED) is 0.773. The van der Waals surface area contributed by atoms with Crippen LogP contribution in [0.5, 0.6) is 0 Å². The van der Waals surface area contributed by atoms with Gasteiger partial charge in [-0.05, 0) is 16.5 Å². The van der Waals surface area contributed by atoms with Gasteiger partial charge in [0.25, 0.3) is 0 Å². The maximum Gasteiger partial charge on any atom is 0.315 e. The van der Waals surface area contributed by atoms with Crippen LogP contribution in [0.4, 0.5) is 4.79 Å². The van der Waals surface area contributed by atoms with Crippen molar-refractivity contribution in [1.82, 2.24) is 10.6 Å². The number of aliphatic carboxylic acids is 1. The van der Waals surface area contributed by atoms with Crippen molar-refractivity contribution in [2.75, 3.05) is 6.54 Å². The largest absolute Gasteiger partial charge is 0.481 e. The van der Waals surface area contributed by atoms with Gasteiger partial charge >= 0.3 is 12.0 Å². The van der Waals surface area contributed by atoms with Crippen LogP contribution in [0.15, 0.2) is 24.3 Å². The number of carbonyl (C=O) groups excluding carboxylic acids is 1. The van der Waals surface area contributed by atoms with Gasteiger partial charge in [-0.3, -0.25) is 4.79 Å². The zero-order valence-corrected chi connectivity index (χ0v) is 12.2. The molecule has 0 unspecified atom stereocenters. The summed E-state index contributed by atoms with van der Waals surface area (Å²) in [4.78, 5) is 21.7. The van der Waals surface area contributed by atoms with Crippen LogP contribution >= 0.6 is 0 Å². The van der Waals surface area contributed by atoms with Crippen molar-refractivity contribution >= 4 is 12.0 Å². The van der Waals surface area contributed by atoms with Gasteiger partial charge in [0.15, 0.2) is 0 Å². The Bertz CT molecular complexity index is 461. The van der Waals surface area contributed by atoms with Crippen LogP contribution in [-0.2, 0) is 16.8 Å². The first-order valence-corrected chi connectivity index (χ1v) is 6.62. The van der Waals surface area contributed by atoms with E-state index in [-0.39, 0.29) is 24.4 Å². The summed E-state index contributed by atoms with van der Waals surface area (Å²) < 4.78 is 0. The Labute approximate surface area is 119 Å². The van der Waals surface area contributed by atoms with E-state index in [1.165, 1.54) is 5.56 Å². The fourth-order valence-corrected chi connectivity index (χ4v) is 1.65. The summed E-state index contributed by atoms with van der Waals surface area (Å²) in [5.41, 5.74) is 2.36. The molecule has 5 heteroatoms. The van der Waals surface area contributed by atoms with Gasteiger partial charge in [0.05, 0.1) is 6.42 Å². The summed E-state index contributed by atoms with van der Waals surface area (Å²) in [5.74, 6) is -0.928. The average molecular weight is 278 g/mol. The minimum absolute atomic E-state index is 0.0757. The molecule has 0 aliphatic heterocycles. The number of amides is 2. The lowest BCUT2D eigenvalue weighted by Gasteiger charge is -2.19. The molecule has 110 valence electrons. The van der Waals surface area contributed by atoms with E-state index < -0.39 is 5.97 Å². The zero-order valence-electron chi connectivity index (χ0n) is 12.2. The number of urea groups is 1. The molecule has 3 N–H and O–H groups in total. The van der Waals surface area contributed by atoms with Crippen molar-refractivity contribution in [3.8, 4) is 0 Å². The molecule has 0 atom stereocenters. The van der Waals surface area contributed by atoms with Crippen LogP contribution < -0.4 is 10.6 Å². The molecule has 0 aliphatic carbocycles. The van der Waals surface area contributed by atoms with Crippen LogP contribution in [0.25, 0.3) is 0 Å². The maximum atomic E-state index is 11.4. The molecule has 0 bridgehead atoms. The Morgan fingerprint density at radius 3 is 2.20 bits per heavy atom. The molecule has 1 rings (SSSR count). The molecule has 0 heterocycles. The molecule has 2 amide bonds. The third-order valence-corrected chi connectivity index (χ3v) is 2.90. The van der Waals surface area contributed by atoms with Gasteiger partial charge in [-0.1, -0.05) is 45.0 Å². The molecule has 0 saturated carbocycles. The van der Waals surface area contributed by atoms with E-state index in [2.05, 4.69) is 43.5 Å². The van der Waals surface area contributed by atoms with E-state index in [1.54, 1.807) is 0 Å². The van der Waals surface area contributed by atoms with Crippen molar-refractivity contribution in [3.05, 3.63) is 35.4 Å². The molecule has 5 nitrogen and oxygen atoms in total. The summed E-state index contributed by atoms with van der Waals surface area (Å²) in [6.07, 6.45) is -0.0757. The number of hydrogen-bond acceptors (Lipinski definition) is 2. The molecule has 1 aromatic rings. The standard InChI is InChI=1S/C15H22N2O3/c1-15(2,3)12-6-4-11(5-7-12)10-17-14(20)16-9-8-13(18)19/h4-7H,8-10H2,1-3H3,(H,18,19)(H2,16,17,20). The van der Waals surface area contributed by atoms with E-state index in [0.29, 0.717) is 6.54 Å². The van der Waals surface area contributed by atoms with Crippen LogP contribution in [0.1, 0.15) is 38.3 Å². The lowest BCUT2D eigenvalue weighted by atomic mass is 9.87. The molecule has 0 fully saturated rings. The molecule has 0 spiro atoms. The highest BCUT2D eigenvalue weighted by Crippen LogP contribution is 2.22. The van der Waals surface area contributed by atoms with E-state index in [1.807, 2.05) is 12.1 Å². The van der Waals surface area contributed by atoms with Gasteiger partial charge < -0.3 is 15.7 Å². The maximum absolute atomic E-state index is 11.4. The summed E-state index contributed by atoms with van der Waals surface area (Å²) in [6, 6.07) is 7.72. The van der Waals surface area contributed by atoms with Gasteiger partial charge in [0.1, 0.15) is 0 Å². The molecular weight excluding hydrogens is 256 g/mol. The predicted octanol–water partition coefficient (Wildman–Crippen LogP) is 2.26. The summed E-state index contributed by atoms with van der Waals surface area (Å²) in [5, 5.41) is 13.6. The van der Waals surface area contributed by atoms with Gasteiger partial charge in [0.2, 0.25) is 0 Å². The fourth-order valence-electron chi connectivity index (χ4n) is 1.65. The highest BCUT2D eigenvalue weighted by Gasteiger charge is 2.12. The van der Waals surface area contributed by atoms with Gasteiger partial charge in [-0.15, -0.1) is 0 Å². The Morgan fingerprint density at radius 2 is 1.70 bits per heavy atom. The number of carboxylic acids is 1. The molecular formula is C15H22N2O3. The van der Waals surface area contributed by atoms with Crippen LogP contribution in [0.2, 0.25) is 0 Å². The number of rotatable bonds is 5. The Morgan fingerprint density at radius 1 is 1.10 bits per heavy atom. The molecule has 0 aliphatic rings. The van der Waals surface area contributed by atoms with Crippen molar-refractivity contribution < 1.29 is 14.7 Å². The number of benzene rings is 1. The predicted molar refractivity (Wildman–Crippen MR) is 77.6 cm³/mol. The number of carboxylic acid groups (broad SMARTS) is 1. The average Bonchev–Trinajstić information content (AvgIpc) is 2.35. The van der Waals surface area contributed by atoms with Crippen LogP contribution in [0, 0.1) is 0 Å². The Balaban J connectivity index is 2.38. The van der Waals surface area contributed by atoms with E-state index in [9.17, 15) is 9.59 Å². The van der Waals surface area contributed by atoms with Crippen molar-refractivity contribution in [1.29, 1.82) is 0 Å². The molecule has 0 saturated heterocycles. The van der Waals surface area contributed by atoms with E-state index >= 15 is 0 Å². The highest BCUT2D eigenvalue weighted by molar-refractivity contribution is 5.74. The van der Waals surface area contributed by atoms with Crippen LogP contribution in [-0.4, -0.2) is 23.7 Å². The van der Waals surface area contributed by atoms with Crippen LogP contribution in [0.3, 0.4) is 0 Å². The first-order chi connectivity index (χ1) is 9.29. The molecule has 20 heavy (non-hydrogen) atoms. The number of nitrogens with one attached hydrogen (secondary N) is 2. The van der Waals surface area contributed by atoms with Gasteiger partial charge in [0, 0.05) is 13.1 Å². The molecule has 1 aromatic carbocycles. The van der Waals surface area contributed by atoms with Crippen molar-refractivity contribution in [3.63, 3.8) is 0 Å². The third kappa shape index (κ3) is 5.73. The lowest BCUT2D eigenvalue weighted by Crippen LogP contribution is -2.36. The first-order valence-electron chi connectivity index (χ1n) is 6.62. The monoisotopic (exact) mass is 278 g/mol. The van der Waals surface area contributed by atoms with Crippen molar-refractivity contribution in [2.45, 2.75) is 39.2 Å². The minimum atomic E-state index is -0.928. The second-order valence-corrected chi connectivity index (χ2v) is 5.70. The Hall–Kier alpha value is -2.04. The number of hydrogen-bond donors (Lipinski definition) is 3. The highest BCUT2D eigenvalue weighted by atomic mass is 16.4. The third-order valence-electron chi connectivity index (χ3n) is 2.90. The SMILES string of the molecule is CC(C)(C)c1ccc(CNC(=O)NCCC(=O)O)cc1. The Kier molecular flexibility index (Phi) is 5.55. The van der Waals surface area contributed by atoms with Crippen molar-refractivity contribution in [2.24, 2.45) is 0 Å². The molecule has 0 aromatic heterocycles. The topological polar surface area (TPSA) is 78.4 Å². The van der Waals surface area contributed by atoms with E-state index in [4.69, 9.17) is 5.11 Å². The summed E-state index contributed by atoms with van der Waals surface area (Å²) in [6.45, 7) is 7.00. The lowest BCUT2D eigenvalue weighted by molar-refractivity contribution is -0.136. The first kappa shape index (κ1) is 16.0.